The van der Waals surface area contributed by atoms with Crippen molar-refractivity contribution in [3.63, 3.8) is 0 Å². The van der Waals surface area contributed by atoms with Gasteiger partial charge in [0.05, 0.1) is 17.6 Å². The van der Waals surface area contributed by atoms with Gasteiger partial charge in [-0.05, 0) is 102 Å². The van der Waals surface area contributed by atoms with E-state index >= 15 is 0 Å². The highest BCUT2D eigenvalue weighted by Gasteiger charge is 2.68. The number of benzene rings is 4. The largest absolute Gasteiger partial charge is 0.489 e. The van der Waals surface area contributed by atoms with Crippen LogP contribution in [-0.4, -0.2) is 48.7 Å². The van der Waals surface area contributed by atoms with E-state index in [1.807, 2.05) is 98.8 Å². The second kappa shape index (κ2) is 17.1. The van der Waals surface area contributed by atoms with Crippen molar-refractivity contribution < 1.29 is 23.6 Å². The molecule has 1 aliphatic heterocycles. The standard InChI is InChI=1S/C48H60BN3O5/c1-31(2)25-43(49-56-42-29-37-28-41(47(37,5)6)48(42,7)57-49)51-46(54)44(32(3)4)52-45(53)40(50-38-20-14-19-36(27-38)35-17-12-9-13-18-35)26-33-21-23-39(24-22-33)55-30-34-15-10-8-11-16-34/h8-24,27,31-32,37,40-44,50H,25-26,28-30H2,1-7H3,(H,51,54)(H,52,53)/t37-,40-,41-,42+,43-,44-,48-/m0/s1. The van der Waals surface area contributed by atoms with Crippen molar-refractivity contribution >= 4 is 24.6 Å². The van der Waals surface area contributed by atoms with E-state index in [1.165, 1.54) is 0 Å². The summed E-state index contributed by atoms with van der Waals surface area (Å²) in [5, 5.41) is 10.00. The van der Waals surface area contributed by atoms with Crippen LogP contribution in [-0.2, 0) is 31.9 Å². The van der Waals surface area contributed by atoms with Gasteiger partial charge in [0, 0.05) is 12.1 Å². The van der Waals surface area contributed by atoms with Crippen LogP contribution >= 0.6 is 0 Å². The van der Waals surface area contributed by atoms with Gasteiger partial charge < -0.3 is 30.0 Å². The maximum Gasteiger partial charge on any atom is 0.481 e. The van der Waals surface area contributed by atoms with Crippen LogP contribution in [0.1, 0.15) is 78.9 Å². The molecular formula is C48H60BN3O5. The molecule has 57 heavy (non-hydrogen) atoms. The van der Waals surface area contributed by atoms with Crippen LogP contribution in [0.3, 0.4) is 0 Å². The first-order valence-corrected chi connectivity index (χ1v) is 20.9. The zero-order chi connectivity index (χ0) is 40.3. The summed E-state index contributed by atoms with van der Waals surface area (Å²) in [4.78, 5) is 28.8. The minimum absolute atomic E-state index is 0.0168. The van der Waals surface area contributed by atoms with E-state index in [-0.39, 0.29) is 40.8 Å². The lowest BCUT2D eigenvalue weighted by molar-refractivity contribution is -0.199. The highest BCUT2D eigenvalue weighted by atomic mass is 16.7. The fraction of sp³-hybridized carbons (Fsp3) is 0.458. The van der Waals surface area contributed by atoms with Gasteiger partial charge in [-0.2, -0.15) is 0 Å². The van der Waals surface area contributed by atoms with Crippen LogP contribution in [0.5, 0.6) is 5.75 Å². The van der Waals surface area contributed by atoms with E-state index in [2.05, 4.69) is 74.8 Å². The first kappa shape index (κ1) is 40.6. The lowest BCUT2D eigenvalue weighted by Crippen LogP contribution is -2.65. The van der Waals surface area contributed by atoms with E-state index in [4.69, 9.17) is 14.0 Å². The van der Waals surface area contributed by atoms with E-state index < -0.39 is 19.2 Å². The van der Waals surface area contributed by atoms with Crippen LogP contribution in [0.15, 0.2) is 109 Å². The SMILES string of the molecule is CC(C)C[C@H](NC(=O)[C@@H](NC(=O)[C@H](Cc1ccc(OCc2ccccc2)cc1)Nc1cccc(-c2ccccc2)c1)C(C)C)B1O[C@@H]2C[C@@H]3C[C@@H](C3(C)C)[C@]2(C)O1. The Morgan fingerprint density at radius 1 is 0.789 bits per heavy atom. The summed E-state index contributed by atoms with van der Waals surface area (Å²) in [6.07, 6.45) is 3.25. The molecule has 7 atom stereocenters. The van der Waals surface area contributed by atoms with Gasteiger partial charge in [-0.3, -0.25) is 9.59 Å². The summed E-state index contributed by atoms with van der Waals surface area (Å²) >= 11 is 0. The third kappa shape index (κ3) is 9.10. The van der Waals surface area contributed by atoms with Crippen molar-refractivity contribution in [1.29, 1.82) is 0 Å². The molecule has 8 nitrogen and oxygen atoms in total. The Morgan fingerprint density at radius 2 is 1.47 bits per heavy atom. The first-order valence-electron chi connectivity index (χ1n) is 20.9. The normalized spacial score (nSPS) is 23.5. The zero-order valence-electron chi connectivity index (χ0n) is 34.7. The predicted molar refractivity (Wildman–Crippen MR) is 228 cm³/mol. The minimum atomic E-state index is -0.771. The molecular weight excluding hydrogens is 709 g/mol. The Morgan fingerprint density at radius 3 is 2.14 bits per heavy atom. The molecule has 4 aliphatic rings. The van der Waals surface area contributed by atoms with Crippen LogP contribution < -0.4 is 20.7 Å². The summed E-state index contributed by atoms with van der Waals surface area (Å²) in [6.45, 7) is 15.6. The molecule has 9 heteroatoms. The van der Waals surface area contributed by atoms with Crippen molar-refractivity contribution in [3.05, 3.63) is 120 Å². The maximum atomic E-state index is 14.5. The number of carbonyl (C=O) groups is 2. The number of hydrogen-bond donors (Lipinski definition) is 3. The van der Waals surface area contributed by atoms with Crippen molar-refractivity contribution in [1.82, 2.24) is 10.6 Å². The number of nitrogens with one attached hydrogen (secondary N) is 3. The van der Waals surface area contributed by atoms with Gasteiger partial charge in [-0.1, -0.05) is 126 Å². The Bertz CT molecular complexity index is 1970. The third-order valence-electron chi connectivity index (χ3n) is 12.8. The van der Waals surface area contributed by atoms with Crippen LogP contribution in [0.25, 0.3) is 11.1 Å². The number of amides is 2. The molecule has 0 unspecified atom stereocenters. The predicted octanol–water partition coefficient (Wildman–Crippen LogP) is 8.90. The molecule has 3 aliphatic carbocycles. The Balaban J connectivity index is 1.07. The molecule has 300 valence electrons. The Labute approximate surface area is 340 Å². The van der Waals surface area contributed by atoms with Gasteiger partial charge in [0.25, 0.3) is 0 Å². The second-order valence-electron chi connectivity index (χ2n) is 18.1. The van der Waals surface area contributed by atoms with Crippen LogP contribution in [0, 0.1) is 29.1 Å². The number of carbonyl (C=O) groups excluding carboxylic acids is 2. The van der Waals surface area contributed by atoms with Gasteiger partial charge in [0.1, 0.15) is 24.4 Å². The molecule has 1 heterocycles. The molecule has 1 saturated heterocycles. The monoisotopic (exact) mass is 769 g/mol. The van der Waals surface area contributed by atoms with Gasteiger partial charge in [-0.15, -0.1) is 0 Å². The number of anilines is 1. The molecule has 0 radical (unpaired) electrons. The lowest BCUT2D eigenvalue weighted by Gasteiger charge is -2.64. The molecule has 2 bridgehead atoms. The van der Waals surface area contributed by atoms with Gasteiger partial charge in [0.15, 0.2) is 0 Å². The molecule has 4 fully saturated rings. The summed E-state index contributed by atoms with van der Waals surface area (Å²) < 4.78 is 19.5. The molecule has 2 amide bonds. The van der Waals surface area contributed by atoms with Crippen molar-refractivity contribution in [2.45, 2.75) is 110 Å². The molecule has 0 aromatic heterocycles. The lowest BCUT2D eigenvalue weighted by atomic mass is 9.43. The molecule has 4 aromatic rings. The maximum absolute atomic E-state index is 14.5. The van der Waals surface area contributed by atoms with Gasteiger partial charge >= 0.3 is 7.12 Å². The molecule has 4 aromatic carbocycles. The molecule has 0 spiro atoms. The third-order valence-corrected chi connectivity index (χ3v) is 12.8. The van der Waals surface area contributed by atoms with Crippen LogP contribution in [0.2, 0.25) is 0 Å². The van der Waals surface area contributed by atoms with Gasteiger partial charge in [-0.25, -0.2) is 0 Å². The second-order valence-corrected chi connectivity index (χ2v) is 18.1. The van der Waals surface area contributed by atoms with E-state index in [9.17, 15) is 9.59 Å². The Hall–Kier alpha value is -4.60. The van der Waals surface area contributed by atoms with Crippen molar-refractivity contribution in [2.75, 3.05) is 5.32 Å². The fourth-order valence-corrected chi connectivity index (χ4v) is 9.41. The zero-order valence-corrected chi connectivity index (χ0v) is 34.7. The molecule has 3 N–H and O–H groups in total. The molecule has 3 saturated carbocycles. The van der Waals surface area contributed by atoms with Gasteiger partial charge in [0.2, 0.25) is 11.8 Å². The Kier molecular flexibility index (Phi) is 12.2. The van der Waals surface area contributed by atoms with Crippen LogP contribution in [0.4, 0.5) is 5.69 Å². The topological polar surface area (TPSA) is 97.9 Å². The smallest absolute Gasteiger partial charge is 0.481 e. The summed E-state index contributed by atoms with van der Waals surface area (Å²) in [5.74, 6) is 1.10. The van der Waals surface area contributed by atoms with E-state index in [0.717, 1.165) is 46.5 Å². The van der Waals surface area contributed by atoms with Crippen molar-refractivity contribution in [3.8, 4) is 16.9 Å². The molecule has 8 rings (SSSR count). The number of rotatable bonds is 16. The minimum Gasteiger partial charge on any atom is -0.489 e. The summed E-state index contributed by atoms with van der Waals surface area (Å²) in [6, 6.07) is 34.8. The summed E-state index contributed by atoms with van der Waals surface area (Å²) in [5.41, 5.74) is 4.84. The summed E-state index contributed by atoms with van der Waals surface area (Å²) in [7, 11) is -0.545. The number of ether oxygens (including phenoxy) is 1. The quantitative estimate of drug-likeness (QED) is 0.0986. The van der Waals surface area contributed by atoms with E-state index in [0.29, 0.717) is 37.2 Å². The van der Waals surface area contributed by atoms with E-state index in [1.54, 1.807) is 0 Å². The first-order chi connectivity index (χ1) is 27.3. The number of hydrogen-bond acceptors (Lipinski definition) is 6. The highest BCUT2D eigenvalue weighted by molar-refractivity contribution is 6.48. The average molecular weight is 770 g/mol. The van der Waals surface area contributed by atoms with Crippen molar-refractivity contribution in [2.24, 2.45) is 29.1 Å². The highest BCUT2D eigenvalue weighted by Crippen LogP contribution is 2.65. The fourth-order valence-electron chi connectivity index (χ4n) is 9.41. The average Bonchev–Trinajstić information content (AvgIpc) is 3.57.